The second-order valence-corrected chi connectivity index (χ2v) is 8.09. The van der Waals surface area contributed by atoms with E-state index in [0.717, 1.165) is 31.2 Å². The van der Waals surface area contributed by atoms with Gasteiger partial charge in [-0.1, -0.05) is 24.4 Å². The number of thiophene rings is 1. The van der Waals surface area contributed by atoms with Crippen molar-refractivity contribution in [3.05, 3.63) is 45.7 Å². The highest BCUT2D eigenvalue weighted by Crippen LogP contribution is 2.30. The molecule has 1 saturated carbocycles. The SMILES string of the molecule is OC(Nc1ccsc1Cl)c1ccc2ccc(N[C@@H]3CCCC[C@@H]3O)nn12. The maximum atomic E-state index is 10.6. The van der Waals surface area contributed by atoms with E-state index < -0.39 is 6.23 Å². The van der Waals surface area contributed by atoms with E-state index in [1.165, 1.54) is 11.3 Å². The fourth-order valence-electron chi connectivity index (χ4n) is 3.38. The van der Waals surface area contributed by atoms with Gasteiger partial charge in [0, 0.05) is 0 Å². The van der Waals surface area contributed by atoms with Crippen LogP contribution in [0.15, 0.2) is 35.7 Å². The molecule has 138 valence electrons. The summed E-state index contributed by atoms with van der Waals surface area (Å²) in [4.78, 5) is 0. The van der Waals surface area contributed by atoms with Crippen LogP contribution < -0.4 is 10.6 Å². The van der Waals surface area contributed by atoms with E-state index in [1.54, 1.807) is 4.52 Å². The van der Waals surface area contributed by atoms with Gasteiger partial charge < -0.3 is 20.8 Å². The molecule has 8 heteroatoms. The van der Waals surface area contributed by atoms with Crippen molar-refractivity contribution in [1.82, 2.24) is 9.61 Å². The number of nitrogens with one attached hydrogen (secondary N) is 2. The number of halogens is 1. The van der Waals surface area contributed by atoms with Crippen LogP contribution in [0.5, 0.6) is 0 Å². The predicted molar refractivity (Wildman–Crippen MR) is 105 cm³/mol. The molecule has 3 aromatic heterocycles. The molecule has 4 N–H and O–H groups in total. The van der Waals surface area contributed by atoms with Crippen LogP contribution in [0.4, 0.5) is 11.5 Å². The Kier molecular flexibility index (Phi) is 5.04. The van der Waals surface area contributed by atoms with Crippen LogP contribution >= 0.6 is 22.9 Å². The van der Waals surface area contributed by atoms with Crippen LogP contribution in [0.1, 0.15) is 37.6 Å². The molecule has 3 heterocycles. The largest absolute Gasteiger partial charge is 0.391 e. The molecule has 1 fully saturated rings. The summed E-state index contributed by atoms with van der Waals surface area (Å²) in [5, 5.41) is 33.5. The molecule has 0 amide bonds. The van der Waals surface area contributed by atoms with Gasteiger partial charge in [-0.25, -0.2) is 4.52 Å². The fourth-order valence-corrected chi connectivity index (χ4v) is 4.23. The summed E-state index contributed by atoms with van der Waals surface area (Å²) in [5.74, 6) is 0.682. The quantitative estimate of drug-likeness (QED) is 0.495. The first-order chi connectivity index (χ1) is 12.6. The topological polar surface area (TPSA) is 81.8 Å². The minimum atomic E-state index is -0.937. The van der Waals surface area contributed by atoms with E-state index in [4.69, 9.17) is 11.6 Å². The highest BCUT2D eigenvalue weighted by molar-refractivity contribution is 7.15. The molecule has 26 heavy (non-hydrogen) atoms. The minimum absolute atomic E-state index is 0.0142. The molecule has 0 aromatic carbocycles. The Hall–Kier alpha value is -1.80. The first-order valence-corrected chi connectivity index (χ1v) is 9.98. The number of rotatable bonds is 5. The third-order valence-electron chi connectivity index (χ3n) is 4.79. The minimum Gasteiger partial charge on any atom is -0.391 e. The smallest absolute Gasteiger partial charge is 0.168 e. The van der Waals surface area contributed by atoms with Crippen molar-refractivity contribution in [2.75, 3.05) is 10.6 Å². The predicted octanol–water partition coefficient (Wildman–Crippen LogP) is 3.87. The number of fused-ring (bicyclic) bond motifs is 1. The molecule has 4 rings (SSSR count). The van der Waals surface area contributed by atoms with Gasteiger partial charge in [0.2, 0.25) is 0 Å². The van der Waals surface area contributed by atoms with Crippen molar-refractivity contribution in [3.63, 3.8) is 0 Å². The molecular formula is C18H21ClN4O2S. The first kappa shape index (κ1) is 17.6. The molecule has 1 aliphatic carbocycles. The number of hydrogen-bond donors (Lipinski definition) is 4. The molecule has 6 nitrogen and oxygen atoms in total. The lowest BCUT2D eigenvalue weighted by atomic mass is 9.93. The van der Waals surface area contributed by atoms with Gasteiger partial charge in [-0.15, -0.1) is 11.3 Å². The number of aliphatic hydroxyl groups is 2. The van der Waals surface area contributed by atoms with E-state index >= 15 is 0 Å². The molecule has 0 radical (unpaired) electrons. The van der Waals surface area contributed by atoms with Gasteiger partial charge in [-0.05, 0) is 48.6 Å². The van der Waals surface area contributed by atoms with Crippen LogP contribution in [-0.4, -0.2) is 32.0 Å². The Bertz CT molecular complexity index is 896. The number of aromatic nitrogens is 2. The van der Waals surface area contributed by atoms with E-state index in [1.807, 2.05) is 35.7 Å². The highest BCUT2D eigenvalue weighted by atomic mass is 35.5. The summed E-state index contributed by atoms with van der Waals surface area (Å²) in [6.45, 7) is 0. The first-order valence-electron chi connectivity index (χ1n) is 8.73. The van der Waals surface area contributed by atoms with Crippen molar-refractivity contribution in [3.8, 4) is 0 Å². The van der Waals surface area contributed by atoms with E-state index in [2.05, 4.69) is 15.7 Å². The Morgan fingerprint density at radius 2 is 2.00 bits per heavy atom. The van der Waals surface area contributed by atoms with E-state index in [0.29, 0.717) is 21.5 Å². The monoisotopic (exact) mass is 392 g/mol. The van der Waals surface area contributed by atoms with Crippen molar-refractivity contribution in [2.24, 2.45) is 0 Å². The molecule has 1 aliphatic rings. The zero-order chi connectivity index (χ0) is 18.1. The zero-order valence-electron chi connectivity index (χ0n) is 14.1. The Balaban J connectivity index is 1.57. The normalized spacial score (nSPS) is 21.7. The number of aliphatic hydroxyl groups excluding tert-OH is 2. The lowest BCUT2D eigenvalue weighted by Crippen LogP contribution is -2.36. The lowest BCUT2D eigenvalue weighted by molar-refractivity contribution is 0.116. The Morgan fingerprint density at radius 1 is 1.19 bits per heavy atom. The van der Waals surface area contributed by atoms with Crippen molar-refractivity contribution >= 4 is 40.0 Å². The van der Waals surface area contributed by atoms with Crippen LogP contribution in [0.3, 0.4) is 0 Å². The van der Waals surface area contributed by atoms with Crippen LogP contribution in [0.2, 0.25) is 4.34 Å². The van der Waals surface area contributed by atoms with E-state index in [9.17, 15) is 10.2 Å². The molecule has 0 saturated heterocycles. The molecule has 3 aromatic rings. The maximum Gasteiger partial charge on any atom is 0.168 e. The van der Waals surface area contributed by atoms with Gasteiger partial charge in [0.25, 0.3) is 0 Å². The Labute approximate surface area is 160 Å². The Morgan fingerprint density at radius 3 is 2.77 bits per heavy atom. The standard InChI is InChI=1S/C18H21ClN4O2S/c19-17-13(9-10-26-17)21-18(25)14-7-5-11-6-8-16(22-23(11)14)20-12-3-1-2-4-15(12)24/h5-10,12,15,18,21,24-25H,1-4H2,(H,20,22)/t12-,15+,18?/m1/s1. The maximum absolute atomic E-state index is 10.6. The molecule has 0 aliphatic heterocycles. The molecule has 0 spiro atoms. The van der Waals surface area contributed by atoms with Gasteiger partial charge >= 0.3 is 0 Å². The third-order valence-corrected chi connectivity index (χ3v) is 5.96. The summed E-state index contributed by atoms with van der Waals surface area (Å²) in [7, 11) is 0. The van der Waals surface area contributed by atoms with Crippen molar-refractivity contribution in [2.45, 2.75) is 44.1 Å². The van der Waals surface area contributed by atoms with Gasteiger partial charge in [-0.3, -0.25) is 0 Å². The molecule has 3 atom stereocenters. The summed E-state index contributed by atoms with van der Waals surface area (Å²) in [6, 6.07) is 9.42. The third kappa shape index (κ3) is 3.53. The van der Waals surface area contributed by atoms with Crippen LogP contribution in [0, 0.1) is 0 Å². The molecule has 1 unspecified atom stereocenters. The summed E-state index contributed by atoms with van der Waals surface area (Å²) < 4.78 is 2.31. The van der Waals surface area contributed by atoms with Gasteiger partial charge in [0.15, 0.2) is 6.23 Å². The number of hydrogen-bond acceptors (Lipinski definition) is 6. The number of anilines is 2. The van der Waals surface area contributed by atoms with Gasteiger partial charge in [-0.2, -0.15) is 5.10 Å². The average molecular weight is 393 g/mol. The zero-order valence-corrected chi connectivity index (χ0v) is 15.7. The van der Waals surface area contributed by atoms with Gasteiger partial charge in [0.05, 0.1) is 29.0 Å². The van der Waals surface area contributed by atoms with Crippen molar-refractivity contribution < 1.29 is 10.2 Å². The summed E-state index contributed by atoms with van der Waals surface area (Å²) in [6.07, 6.45) is 2.64. The second kappa shape index (κ2) is 7.44. The molecular weight excluding hydrogens is 372 g/mol. The van der Waals surface area contributed by atoms with E-state index in [-0.39, 0.29) is 12.1 Å². The van der Waals surface area contributed by atoms with Crippen molar-refractivity contribution in [1.29, 1.82) is 0 Å². The fraction of sp³-hybridized carbons (Fsp3) is 0.389. The average Bonchev–Trinajstić information content (AvgIpc) is 3.23. The van der Waals surface area contributed by atoms with Crippen LogP contribution in [0.25, 0.3) is 5.52 Å². The molecule has 0 bridgehead atoms. The van der Waals surface area contributed by atoms with Crippen LogP contribution in [-0.2, 0) is 0 Å². The van der Waals surface area contributed by atoms with Gasteiger partial charge in [0.1, 0.15) is 10.2 Å². The second-order valence-electron chi connectivity index (χ2n) is 6.57. The summed E-state index contributed by atoms with van der Waals surface area (Å²) >= 11 is 7.50. The number of nitrogens with zero attached hydrogens (tertiary/aromatic N) is 2. The highest BCUT2D eigenvalue weighted by Gasteiger charge is 2.23. The summed E-state index contributed by atoms with van der Waals surface area (Å²) in [5.41, 5.74) is 2.20. The lowest BCUT2D eigenvalue weighted by Gasteiger charge is -2.28.